The summed E-state index contributed by atoms with van der Waals surface area (Å²) in [5, 5.41) is 10.9. The monoisotopic (exact) mass is 324 g/mol. The minimum atomic E-state index is -0.829. The number of ketones is 1. The molecule has 0 spiro atoms. The molecule has 0 unspecified atom stereocenters. The van der Waals surface area contributed by atoms with E-state index in [4.69, 9.17) is 5.11 Å². The first-order valence-electron chi connectivity index (χ1n) is 7.39. The fourth-order valence-electron chi connectivity index (χ4n) is 2.96. The molecule has 3 nitrogen and oxygen atoms in total. The molecule has 0 fully saturated rings. The molecule has 0 aromatic carbocycles. The highest BCUT2D eigenvalue weighted by Gasteiger charge is 2.25. The van der Waals surface area contributed by atoms with Gasteiger partial charge >= 0.3 is 5.97 Å². The molecule has 0 saturated heterocycles. The molecule has 1 heterocycles. The first-order valence-corrected chi connectivity index (χ1v) is 8.27. The van der Waals surface area contributed by atoms with E-state index in [1.54, 1.807) is 0 Å². The molecular formula is C19H16O3S. The van der Waals surface area contributed by atoms with Gasteiger partial charge in [0.1, 0.15) is 0 Å². The number of aliphatic carboxylic acids is 1. The Hall–Kier alpha value is -2.46. The third-order valence-electron chi connectivity index (χ3n) is 4.02. The first-order chi connectivity index (χ1) is 11.1. The molecule has 1 aromatic rings. The highest BCUT2D eigenvalue weighted by atomic mass is 32.1. The Kier molecular flexibility index (Phi) is 4.26. The molecule has 0 radical (unpaired) electrons. The minimum absolute atomic E-state index is 0.00951. The first kappa shape index (κ1) is 15.4. The lowest BCUT2D eigenvalue weighted by Crippen LogP contribution is -2.01. The topological polar surface area (TPSA) is 54.4 Å². The molecule has 23 heavy (non-hydrogen) atoms. The number of thiophene rings is 1. The summed E-state index contributed by atoms with van der Waals surface area (Å²) in [5.41, 5.74) is 4.41. The molecular weight excluding hydrogens is 308 g/mol. The van der Waals surface area contributed by atoms with Gasteiger partial charge in [0.05, 0.1) is 4.88 Å². The van der Waals surface area contributed by atoms with Crippen molar-refractivity contribution in [1.29, 1.82) is 0 Å². The van der Waals surface area contributed by atoms with Crippen molar-refractivity contribution in [3.63, 3.8) is 0 Å². The van der Waals surface area contributed by atoms with Crippen LogP contribution in [0.25, 0.3) is 11.1 Å². The molecule has 2 aliphatic rings. The molecule has 0 aliphatic heterocycles. The van der Waals surface area contributed by atoms with Gasteiger partial charge in [0.2, 0.25) is 5.78 Å². The predicted octanol–water partition coefficient (Wildman–Crippen LogP) is 4.41. The average Bonchev–Trinajstić information content (AvgIpc) is 3.06. The summed E-state index contributed by atoms with van der Waals surface area (Å²) in [5.74, 6) is -0.819. The zero-order valence-electron chi connectivity index (χ0n) is 12.7. The smallest absolute Gasteiger partial charge is 0.303 e. The van der Waals surface area contributed by atoms with Crippen LogP contribution in [0.5, 0.6) is 0 Å². The van der Waals surface area contributed by atoms with Crippen LogP contribution in [-0.2, 0) is 11.2 Å². The van der Waals surface area contributed by atoms with E-state index in [0.29, 0.717) is 16.9 Å². The maximum atomic E-state index is 12.9. The largest absolute Gasteiger partial charge is 0.481 e. The Balaban J connectivity index is 2.16. The Bertz CT molecular complexity index is 834. The van der Waals surface area contributed by atoms with Gasteiger partial charge in [-0.3, -0.25) is 9.59 Å². The van der Waals surface area contributed by atoms with Gasteiger partial charge in [0.15, 0.2) is 0 Å². The molecule has 0 atom stereocenters. The Morgan fingerprint density at radius 3 is 2.43 bits per heavy atom. The summed E-state index contributed by atoms with van der Waals surface area (Å²) < 4.78 is 0. The van der Waals surface area contributed by atoms with Gasteiger partial charge in [-0.05, 0) is 47.0 Å². The van der Waals surface area contributed by atoms with Crippen LogP contribution in [0.2, 0.25) is 0 Å². The van der Waals surface area contributed by atoms with E-state index in [-0.39, 0.29) is 12.2 Å². The third-order valence-corrected chi connectivity index (χ3v) is 4.89. The van der Waals surface area contributed by atoms with Crippen LogP contribution in [0, 0.1) is 6.92 Å². The van der Waals surface area contributed by atoms with E-state index in [1.165, 1.54) is 11.3 Å². The van der Waals surface area contributed by atoms with Gasteiger partial charge in [-0.15, -0.1) is 11.3 Å². The number of rotatable bonds is 5. The second kappa shape index (κ2) is 6.34. The quantitative estimate of drug-likeness (QED) is 0.707. The van der Waals surface area contributed by atoms with Gasteiger partial charge in [-0.25, -0.2) is 0 Å². The van der Waals surface area contributed by atoms with Crippen molar-refractivity contribution in [3.8, 4) is 11.1 Å². The fourth-order valence-corrected chi connectivity index (χ4v) is 3.63. The normalized spacial score (nSPS) is 10.8. The highest BCUT2D eigenvalue weighted by Crippen LogP contribution is 2.38. The van der Waals surface area contributed by atoms with Crippen LogP contribution in [0.3, 0.4) is 0 Å². The van der Waals surface area contributed by atoms with E-state index < -0.39 is 5.97 Å². The van der Waals surface area contributed by atoms with Crippen molar-refractivity contribution in [2.45, 2.75) is 19.8 Å². The second-order valence-electron chi connectivity index (χ2n) is 5.42. The lowest BCUT2D eigenvalue weighted by atomic mass is 10.0. The summed E-state index contributed by atoms with van der Waals surface area (Å²) in [7, 11) is 0. The minimum Gasteiger partial charge on any atom is -0.481 e. The molecule has 0 saturated carbocycles. The number of fused-ring (bicyclic) bond motifs is 1. The maximum Gasteiger partial charge on any atom is 0.303 e. The molecule has 4 heteroatoms. The van der Waals surface area contributed by atoms with Crippen LogP contribution in [0.15, 0.2) is 47.8 Å². The number of hydrogen-bond acceptors (Lipinski definition) is 3. The van der Waals surface area contributed by atoms with E-state index in [0.717, 1.165) is 22.3 Å². The Morgan fingerprint density at radius 1 is 1.04 bits per heavy atom. The molecule has 0 amide bonds. The number of hydrogen-bond donors (Lipinski definition) is 1. The van der Waals surface area contributed by atoms with Crippen LogP contribution >= 0.6 is 11.3 Å². The Morgan fingerprint density at radius 2 is 1.78 bits per heavy atom. The van der Waals surface area contributed by atoms with Crippen LogP contribution in [-0.4, -0.2) is 16.9 Å². The maximum absolute atomic E-state index is 12.9. The standard InChI is InChI=1S/C19H16O3S/c1-12-13(9-10-17(20)21)14-6-3-2-4-7-15(14)18(12)19(22)16-8-5-11-23-16/h2-8,11H,9-10H2,1H3,(H,20,21). The van der Waals surface area contributed by atoms with Crippen molar-refractivity contribution in [1.82, 2.24) is 0 Å². The zero-order valence-corrected chi connectivity index (χ0v) is 13.5. The van der Waals surface area contributed by atoms with Crippen LogP contribution in [0.1, 0.15) is 32.8 Å². The van der Waals surface area contributed by atoms with E-state index >= 15 is 0 Å². The third kappa shape index (κ3) is 2.90. The van der Waals surface area contributed by atoms with Crippen molar-refractivity contribution in [2.75, 3.05) is 0 Å². The summed E-state index contributed by atoms with van der Waals surface area (Å²) >= 11 is 1.42. The molecule has 116 valence electrons. The van der Waals surface area contributed by atoms with Gasteiger partial charge in [0.25, 0.3) is 0 Å². The summed E-state index contributed by atoms with van der Waals surface area (Å²) in [4.78, 5) is 24.5. The van der Waals surface area contributed by atoms with Gasteiger partial charge in [0, 0.05) is 12.0 Å². The van der Waals surface area contributed by atoms with Crippen molar-refractivity contribution >= 4 is 23.1 Å². The van der Waals surface area contributed by atoms with Crippen LogP contribution in [0.4, 0.5) is 0 Å². The van der Waals surface area contributed by atoms with E-state index in [1.807, 2.05) is 54.8 Å². The second-order valence-corrected chi connectivity index (χ2v) is 6.36. The van der Waals surface area contributed by atoms with E-state index in [9.17, 15) is 9.59 Å². The zero-order chi connectivity index (χ0) is 16.4. The molecule has 3 rings (SSSR count). The summed E-state index contributed by atoms with van der Waals surface area (Å²) in [6.45, 7) is 1.91. The van der Waals surface area contributed by atoms with Gasteiger partial charge in [-0.1, -0.05) is 36.4 Å². The molecule has 2 aliphatic carbocycles. The molecule has 1 aromatic heterocycles. The van der Waals surface area contributed by atoms with Gasteiger partial charge < -0.3 is 5.11 Å². The van der Waals surface area contributed by atoms with Crippen molar-refractivity contribution in [2.24, 2.45) is 0 Å². The lowest BCUT2D eigenvalue weighted by Gasteiger charge is -2.01. The molecule has 1 N–H and O–H groups in total. The number of carboxylic acid groups (broad SMARTS) is 1. The number of carbonyl (C=O) groups is 2. The molecule has 0 bridgehead atoms. The summed E-state index contributed by atoms with van der Waals surface area (Å²) in [6, 6.07) is 13.3. The van der Waals surface area contributed by atoms with Crippen molar-refractivity contribution in [3.05, 3.63) is 69.4 Å². The SMILES string of the molecule is Cc1c(CCC(=O)O)c2cccccc-2c1C(=O)c1cccs1. The van der Waals surface area contributed by atoms with Crippen molar-refractivity contribution < 1.29 is 14.7 Å². The van der Waals surface area contributed by atoms with E-state index in [2.05, 4.69) is 0 Å². The summed E-state index contributed by atoms with van der Waals surface area (Å²) in [6.07, 6.45) is 0.491. The lowest BCUT2D eigenvalue weighted by molar-refractivity contribution is -0.136. The Labute approximate surface area is 138 Å². The predicted molar refractivity (Wildman–Crippen MR) is 91.5 cm³/mol. The number of carbonyl (C=O) groups excluding carboxylic acids is 1. The number of carboxylic acids is 1. The van der Waals surface area contributed by atoms with Crippen LogP contribution < -0.4 is 0 Å². The average molecular weight is 324 g/mol. The van der Waals surface area contributed by atoms with Gasteiger partial charge in [-0.2, -0.15) is 0 Å². The fraction of sp³-hybridized carbons (Fsp3) is 0.158. The highest BCUT2D eigenvalue weighted by molar-refractivity contribution is 7.12.